The highest BCUT2D eigenvalue weighted by molar-refractivity contribution is 7.99. The van der Waals surface area contributed by atoms with Gasteiger partial charge in [0, 0.05) is 47.0 Å². The van der Waals surface area contributed by atoms with Crippen LogP contribution in [0, 0.1) is 47.0 Å². The van der Waals surface area contributed by atoms with E-state index in [2.05, 4.69) is 15.4 Å². The third-order valence-corrected chi connectivity index (χ3v) is 18.5. The van der Waals surface area contributed by atoms with Crippen LogP contribution in [0.5, 0.6) is 0 Å². The first-order valence-corrected chi connectivity index (χ1v) is 30.4. The Morgan fingerprint density at radius 3 is 1.83 bits per heavy atom. The zero-order valence-electron chi connectivity index (χ0n) is 44.2. The number of amides is 2. The van der Waals surface area contributed by atoms with Crippen molar-refractivity contribution in [2.24, 2.45) is 0 Å². The molecule has 1 saturated heterocycles. The Hall–Kier alpha value is -5.44. The van der Waals surface area contributed by atoms with Gasteiger partial charge >= 0.3 is 0 Å². The first kappa shape index (κ1) is 61.8. The van der Waals surface area contributed by atoms with Crippen LogP contribution in [0.15, 0.2) is 92.4 Å². The van der Waals surface area contributed by atoms with E-state index in [9.17, 15) is 41.3 Å². The molecule has 1 aliphatic carbocycles. The van der Waals surface area contributed by atoms with E-state index in [1.165, 1.54) is 36.1 Å². The molecule has 24 heteroatoms. The van der Waals surface area contributed by atoms with Crippen molar-refractivity contribution in [3.63, 3.8) is 0 Å². The topological polar surface area (TPSA) is 223 Å². The second kappa shape index (κ2) is 27.6. The molecule has 0 unspecified atom stereocenters. The summed E-state index contributed by atoms with van der Waals surface area (Å²) < 4.78 is 133. The van der Waals surface area contributed by atoms with Crippen LogP contribution in [0.4, 0.5) is 28.9 Å². The van der Waals surface area contributed by atoms with Gasteiger partial charge in [0.05, 0.1) is 44.9 Å². The Bertz CT molecular complexity index is 3040. The SMILES string of the molecule is Cc1ccc(SC[C@@H](CCN(C)C)Nc2c(F)cc(S(=O)(=O)NC(=O)C3(OCCN(C)C[C@@H](F)[C@H](CSc4ccc(F)cc4)Nc4c(F)cc(S(=O)(=O)NC(=O)[C@@]5(C)CCCCO5)cc4C#N)CCCCC3)cc2C#N)cc1. The molecule has 0 aromatic heterocycles. The van der Waals surface area contributed by atoms with Crippen molar-refractivity contribution >= 4 is 66.8 Å². The smallest absolute Gasteiger partial charge is 0.265 e. The van der Waals surface area contributed by atoms with Crippen molar-refractivity contribution in [2.75, 3.05) is 76.1 Å². The van der Waals surface area contributed by atoms with Gasteiger partial charge in [0.1, 0.15) is 47.0 Å². The van der Waals surface area contributed by atoms with Gasteiger partial charge in [-0.05, 0) is 141 Å². The van der Waals surface area contributed by atoms with Gasteiger partial charge in [0.2, 0.25) is 0 Å². The molecule has 1 aliphatic heterocycles. The molecule has 0 spiro atoms. The molecule has 0 bridgehead atoms. The minimum absolute atomic E-state index is 0.00442. The summed E-state index contributed by atoms with van der Waals surface area (Å²) in [6, 6.07) is 18.6. The monoisotopic (exact) mass is 1160 g/mol. The number of hydrogen-bond acceptors (Lipinski definition) is 16. The molecule has 422 valence electrons. The predicted molar refractivity (Wildman–Crippen MR) is 292 cm³/mol. The summed E-state index contributed by atoms with van der Waals surface area (Å²) in [4.78, 5) is 30.8. The fourth-order valence-corrected chi connectivity index (χ4v) is 13.0. The van der Waals surface area contributed by atoms with Crippen LogP contribution in [0.3, 0.4) is 0 Å². The molecule has 4 aromatic carbocycles. The van der Waals surface area contributed by atoms with E-state index in [0.717, 1.165) is 46.8 Å². The van der Waals surface area contributed by atoms with E-state index in [0.29, 0.717) is 55.4 Å². The zero-order chi connectivity index (χ0) is 56.8. The largest absolute Gasteiger partial charge is 0.378 e. The fraction of sp³-hybridized carbons (Fsp3) is 0.481. The average molecular weight is 1160 g/mol. The number of carbonyl (C=O) groups is 2. The lowest BCUT2D eigenvalue weighted by Gasteiger charge is -2.36. The number of halogens is 4. The number of rotatable bonds is 26. The number of nitriles is 2. The van der Waals surface area contributed by atoms with Gasteiger partial charge < -0.3 is 29.9 Å². The first-order valence-electron chi connectivity index (χ1n) is 25.4. The molecule has 4 atom stereocenters. The molecule has 16 nitrogen and oxygen atoms in total. The second-order valence-electron chi connectivity index (χ2n) is 20.0. The quantitative estimate of drug-likeness (QED) is 0.0342. The summed E-state index contributed by atoms with van der Waals surface area (Å²) in [5.74, 6) is -4.25. The van der Waals surface area contributed by atoms with Gasteiger partial charge in [-0.2, -0.15) is 10.5 Å². The van der Waals surface area contributed by atoms with Crippen molar-refractivity contribution in [1.82, 2.24) is 19.2 Å². The number of nitrogens with zero attached hydrogens (tertiary/aromatic N) is 4. The lowest BCUT2D eigenvalue weighted by Crippen LogP contribution is -2.52. The van der Waals surface area contributed by atoms with Crippen LogP contribution in [-0.2, 0) is 39.1 Å². The van der Waals surface area contributed by atoms with Crippen molar-refractivity contribution < 1.29 is 53.5 Å². The van der Waals surface area contributed by atoms with Gasteiger partial charge in [0.15, 0.2) is 0 Å². The van der Waals surface area contributed by atoms with Crippen LogP contribution >= 0.6 is 23.5 Å². The van der Waals surface area contributed by atoms with E-state index in [1.807, 2.05) is 61.0 Å². The van der Waals surface area contributed by atoms with E-state index >= 15 is 13.2 Å². The maximum Gasteiger partial charge on any atom is 0.265 e. The first-order chi connectivity index (χ1) is 37.0. The van der Waals surface area contributed by atoms with Crippen molar-refractivity contribution in [2.45, 2.75) is 121 Å². The average Bonchev–Trinajstić information content (AvgIpc) is 3.41. The summed E-state index contributed by atoms with van der Waals surface area (Å²) >= 11 is 2.66. The number of thioether (sulfide) groups is 2. The highest BCUT2D eigenvalue weighted by atomic mass is 32.2. The zero-order valence-corrected chi connectivity index (χ0v) is 47.4. The molecular formula is C54H66F4N8O8S4. The lowest BCUT2D eigenvalue weighted by molar-refractivity contribution is -0.151. The summed E-state index contributed by atoms with van der Waals surface area (Å²) in [6.07, 6.45) is 2.35. The van der Waals surface area contributed by atoms with Gasteiger partial charge in [0.25, 0.3) is 31.9 Å². The summed E-state index contributed by atoms with van der Waals surface area (Å²) in [5, 5.41) is 26.2. The van der Waals surface area contributed by atoms with Gasteiger partial charge in [-0.15, -0.1) is 23.5 Å². The molecule has 2 amide bonds. The predicted octanol–water partition coefficient (Wildman–Crippen LogP) is 8.51. The number of hydrogen-bond donors (Lipinski definition) is 4. The summed E-state index contributed by atoms with van der Waals surface area (Å²) in [5.41, 5.74) is -3.42. The van der Waals surface area contributed by atoms with Gasteiger partial charge in [-0.25, -0.2) is 43.8 Å². The molecule has 4 N–H and O–H groups in total. The Labute approximate surface area is 463 Å². The minimum Gasteiger partial charge on any atom is -0.378 e. The minimum atomic E-state index is -4.76. The van der Waals surface area contributed by atoms with E-state index < -0.39 is 93.8 Å². The number of alkyl halides is 1. The van der Waals surface area contributed by atoms with Crippen LogP contribution < -0.4 is 20.1 Å². The third kappa shape index (κ3) is 16.8. The van der Waals surface area contributed by atoms with E-state index in [-0.39, 0.29) is 68.6 Å². The summed E-state index contributed by atoms with van der Waals surface area (Å²) in [6.45, 7) is 3.81. The van der Waals surface area contributed by atoms with Crippen LogP contribution in [0.1, 0.15) is 81.4 Å². The molecule has 6 rings (SSSR count). The van der Waals surface area contributed by atoms with Gasteiger partial charge in [-0.1, -0.05) is 37.0 Å². The Balaban J connectivity index is 1.13. The van der Waals surface area contributed by atoms with Crippen molar-refractivity contribution in [1.29, 1.82) is 10.5 Å². The second-order valence-corrected chi connectivity index (χ2v) is 25.6. The van der Waals surface area contributed by atoms with E-state index in [1.54, 1.807) is 24.9 Å². The number of likely N-dealkylation sites (N-methyl/N-ethyl adjacent to an activating group) is 1. The number of ether oxygens (including phenoxy) is 2. The molecule has 0 radical (unpaired) electrons. The Morgan fingerprint density at radius 1 is 0.744 bits per heavy atom. The Kier molecular flexibility index (Phi) is 21.9. The van der Waals surface area contributed by atoms with Crippen LogP contribution in [-0.4, -0.2) is 133 Å². The molecule has 2 aliphatic rings. The Morgan fingerprint density at radius 2 is 1.28 bits per heavy atom. The number of aryl methyl sites for hydroxylation is 1. The highest BCUT2D eigenvalue weighted by Gasteiger charge is 2.43. The number of anilines is 2. The standard InChI is InChI=1S/C54H66F4N8O8S4/c1-36-11-15-41(16-12-36)75-34-40(19-23-65(3)4)61-49-37(31-59)27-44(29-45(49)56)78(71,72)64-52(68)54(21-7-6-8-22-54)74-26-24-66(5)33-47(58)48(35-76-42-17-13-39(55)14-18-42)62-50-38(32-60)28-43(30-46(50)57)77(69,70)63-51(67)53(2)20-9-10-25-73-53/h11-18,27-30,40,47-48,61-62H,6-10,19-26,33-35H2,1-5H3,(H,63,67)(H,64,68)/t40-,47-,48+,53-/m1/s1. The normalized spacial score (nSPS) is 17.8. The fourth-order valence-electron chi connectivity index (χ4n) is 8.88. The lowest BCUT2D eigenvalue weighted by atomic mass is 9.84. The summed E-state index contributed by atoms with van der Waals surface area (Å²) in [7, 11) is -4.11. The van der Waals surface area contributed by atoms with Crippen molar-refractivity contribution in [3.8, 4) is 12.1 Å². The highest BCUT2D eigenvalue weighted by Crippen LogP contribution is 2.35. The van der Waals surface area contributed by atoms with Gasteiger partial charge in [-0.3, -0.25) is 9.59 Å². The molecule has 2 fully saturated rings. The number of sulfonamides is 2. The van der Waals surface area contributed by atoms with Crippen LogP contribution in [0.25, 0.3) is 0 Å². The molecule has 1 heterocycles. The molecule has 4 aromatic rings. The number of carbonyl (C=O) groups excluding carboxylic acids is 2. The molecule has 78 heavy (non-hydrogen) atoms. The molecular weight excluding hydrogens is 1090 g/mol. The maximum atomic E-state index is 16.7. The van der Waals surface area contributed by atoms with Crippen molar-refractivity contribution in [3.05, 3.63) is 107 Å². The maximum absolute atomic E-state index is 16.7. The number of nitrogens with one attached hydrogen (secondary N) is 4. The third-order valence-electron chi connectivity index (χ3n) is 13.6. The molecule has 1 saturated carbocycles. The van der Waals surface area contributed by atoms with Crippen LogP contribution in [0.2, 0.25) is 0 Å². The van der Waals surface area contributed by atoms with E-state index in [4.69, 9.17) is 9.47 Å². The number of benzene rings is 4.